The van der Waals surface area contributed by atoms with Gasteiger partial charge in [0.25, 0.3) is 5.91 Å². The van der Waals surface area contributed by atoms with Crippen LogP contribution in [0.4, 0.5) is 10.1 Å². The average molecular weight is 286 g/mol. The van der Waals surface area contributed by atoms with Crippen LogP contribution in [0.5, 0.6) is 0 Å². The number of nitrogens with one attached hydrogen (secondary N) is 1. The van der Waals surface area contributed by atoms with Crippen LogP contribution in [0.25, 0.3) is 0 Å². The molecule has 1 heterocycles. The summed E-state index contributed by atoms with van der Waals surface area (Å²) in [6.07, 6.45) is 1.45. The Hall–Kier alpha value is -2.65. The van der Waals surface area contributed by atoms with Gasteiger partial charge >= 0.3 is 0 Å². The van der Waals surface area contributed by atoms with Crippen molar-refractivity contribution in [2.45, 2.75) is 6.92 Å². The van der Waals surface area contributed by atoms with Crippen LogP contribution in [0, 0.1) is 24.6 Å². The van der Waals surface area contributed by atoms with Gasteiger partial charge in [-0.15, -0.1) is 0 Å². The van der Waals surface area contributed by atoms with Gasteiger partial charge in [0, 0.05) is 18.3 Å². The number of carbonyl (C=O) groups excluding carboxylic acids is 1. The highest BCUT2D eigenvalue weighted by molar-refractivity contribution is 6.04. The maximum Gasteiger partial charge on any atom is 0.259 e. The summed E-state index contributed by atoms with van der Waals surface area (Å²) < 4.78 is 15.5. The highest BCUT2D eigenvalue weighted by Crippen LogP contribution is 2.17. The van der Waals surface area contributed by atoms with Gasteiger partial charge in [-0.25, -0.2) is 4.39 Å². The van der Waals surface area contributed by atoms with E-state index < -0.39 is 11.7 Å². The molecule has 0 atom stereocenters. The molecule has 1 aromatic heterocycles. The fraction of sp³-hybridized carbons (Fsp3) is 0.200. The van der Waals surface area contributed by atoms with Crippen LogP contribution in [0.3, 0.4) is 0 Å². The van der Waals surface area contributed by atoms with E-state index in [0.717, 1.165) is 0 Å². The van der Waals surface area contributed by atoms with Crippen molar-refractivity contribution in [3.8, 4) is 11.8 Å². The highest BCUT2D eigenvalue weighted by atomic mass is 19.1. The third kappa shape index (κ3) is 3.27. The molecule has 6 heteroatoms. The molecule has 0 spiro atoms. The van der Waals surface area contributed by atoms with E-state index in [0.29, 0.717) is 16.8 Å². The van der Waals surface area contributed by atoms with Crippen LogP contribution in [0.2, 0.25) is 0 Å². The first kappa shape index (κ1) is 14.8. The zero-order chi connectivity index (χ0) is 15.4. The fourth-order valence-corrected chi connectivity index (χ4v) is 1.76. The van der Waals surface area contributed by atoms with Crippen LogP contribution >= 0.6 is 0 Å². The van der Waals surface area contributed by atoms with Crippen molar-refractivity contribution in [3.05, 3.63) is 47.0 Å². The van der Waals surface area contributed by atoms with E-state index in [1.54, 1.807) is 24.7 Å². The second kappa shape index (κ2) is 6.20. The van der Waals surface area contributed by atoms with E-state index >= 15 is 0 Å². The monoisotopic (exact) mass is 286 g/mol. The van der Waals surface area contributed by atoms with Crippen LogP contribution in [-0.4, -0.2) is 22.2 Å². The van der Waals surface area contributed by atoms with Crippen molar-refractivity contribution in [1.82, 2.24) is 9.78 Å². The van der Waals surface area contributed by atoms with Gasteiger partial charge in [0.05, 0.1) is 24.0 Å². The zero-order valence-corrected chi connectivity index (χ0v) is 11.8. The lowest BCUT2D eigenvalue weighted by molar-refractivity contribution is 0.102. The Balaban J connectivity index is 2.20. The number of amides is 1. The van der Waals surface area contributed by atoms with Gasteiger partial charge in [-0.1, -0.05) is 11.8 Å². The maximum atomic E-state index is 13.9. The summed E-state index contributed by atoms with van der Waals surface area (Å²) in [6.45, 7) is 1.98. The molecule has 0 unspecified atom stereocenters. The van der Waals surface area contributed by atoms with Gasteiger partial charge in [-0.2, -0.15) is 5.10 Å². The van der Waals surface area contributed by atoms with Crippen molar-refractivity contribution in [3.63, 3.8) is 0 Å². The lowest BCUT2D eigenvalue weighted by Crippen LogP contribution is -2.14. The molecule has 5 nitrogen and oxygen atoms in total. The Morgan fingerprint density at radius 1 is 1.52 bits per heavy atom. The number of rotatable bonds is 2. The van der Waals surface area contributed by atoms with E-state index in [2.05, 4.69) is 22.3 Å². The van der Waals surface area contributed by atoms with Crippen LogP contribution in [0.1, 0.15) is 21.6 Å². The standard InChI is InChI=1S/C15H15FN4O/c1-10-12(9-18-20(10)2)15(21)19-14-6-5-11(4-3-7-17)8-13(14)16/h5-6,8-9H,7,17H2,1-2H3,(H,19,21). The number of anilines is 1. The molecule has 21 heavy (non-hydrogen) atoms. The van der Waals surface area contributed by atoms with Crippen molar-refractivity contribution >= 4 is 11.6 Å². The number of benzene rings is 1. The van der Waals surface area contributed by atoms with Gasteiger partial charge in [-0.3, -0.25) is 9.48 Å². The van der Waals surface area contributed by atoms with E-state index in [4.69, 9.17) is 5.73 Å². The predicted octanol–water partition coefficient (Wildman–Crippen LogP) is 1.43. The Kier molecular flexibility index (Phi) is 4.36. The Labute approximate surface area is 122 Å². The Morgan fingerprint density at radius 2 is 2.29 bits per heavy atom. The SMILES string of the molecule is Cc1c(C(=O)Nc2ccc(C#CCN)cc2F)cnn1C. The largest absolute Gasteiger partial charge is 0.320 e. The van der Waals surface area contributed by atoms with E-state index in [1.807, 2.05) is 0 Å². The minimum absolute atomic E-state index is 0.0987. The van der Waals surface area contributed by atoms with Crippen molar-refractivity contribution in [1.29, 1.82) is 0 Å². The van der Waals surface area contributed by atoms with E-state index in [9.17, 15) is 9.18 Å². The van der Waals surface area contributed by atoms with Gasteiger partial charge in [0.1, 0.15) is 5.82 Å². The Morgan fingerprint density at radius 3 is 2.86 bits per heavy atom. The maximum absolute atomic E-state index is 13.9. The third-order valence-corrected chi connectivity index (χ3v) is 3.03. The molecular formula is C15H15FN4O. The quantitative estimate of drug-likeness (QED) is 0.820. The summed E-state index contributed by atoms with van der Waals surface area (Å²) in [7, 11) is 1.73. The number of hydrogen-bond donors (Lipinski definition) is 2. The van der Waals surface area contributed by atoms with Gasteiger partial charge in [0.2, 0.25) is 0 Å². The molecule has 0 bridgehead atoms. The summed E-state index contributed by atoms with van der Waals surface area (Å²) >= 11 is 0. The highest BCUT2D eigenvalue weighted by Gasteiger charge is 2.14. The van der Waals surface area contributed by atoms with E-state index in [1.165, 1.54) is 18.3 Å². The van der Waals surface area contributed by atoms with Crippen molar-refractivity contribution < 1.29 is 9.18 Å². The topological polar surface area (TPSA) is 72.9 Å². The summed E-state index contributed by atoms with van der Waals surface area (Å²) in [6, 6.07) is 4.35. The van der Waals surface area contributed by atoms with Gasteiger partial charge in [0.15, 0.2) is 0 Å². The zero-order valence-electron chi connectivity index (χ0n) is 11.8. The molecule has 0 saturated carbocycles. The molecule has 1 aromatic carbocycles. The van der Waals surface area contributed by atoms with Crippen molar-refractivity contribution in [2.75, 3.05) is 11.9 Å². The van der Waals surface area contributed by atoms with E-state index in [-0.39, 0.29) is 12.2 Å². The lowest BCUT2D eigenvalue weighted by atomic mass is 10.2. The first-order valence-corrected chi connectivity index (χ1v) is 6.31. The first-order valence-electron chi connectivity index (χ1n) is 6.31. The molecule has 0 aliphatic rings. The summed E-state index contributed by atoms with van der Waals surface area (Å²) in [5.74, 6) is 4.42. The number of aromatic nitrogens is 2. The third-order valence-electron chi connectivity index (χ3n) is 3.03. The predicted molar refractivity (Wildman–Crippen MR) is 78.2 cm³/mol. The molecule has 108 valence electrons. The molecular weight excluding hydrogens is 271 g/mol. The number of nitrogens with zero attached hydrogens (tertiary/aromatic N) is 2. The second-order valence-corrected chi connectivity index (χ2v) is 4.42. The van der Waals surface area contributed by atoms with Crippen molar-refractivity contribution in [2.24, 2.45) is 12.8 Å². The summed E-state index contributed by atoms with van der Waals surface area (Å²) in [4.78, 5) is 12.1. The number of hydrogen-bond acceptors (Lipinski definition) is 3. The Bertz CT molecular complexity index is 740. The lowest BCUT2D eigenvalue weighted by Gasteiger charge is -2.06. The molecule has 2 aromatic rings. The average Bonchev–Trinajstić information content (AvgIpc) is 2.79. The van der Waals surface area contributed by atoms with Crippen LogP contribution < -0.4 is 11.1 Å². The smallest absolute Gasteiger partial charge is 0.259 e. The molecule has 0 aliphatic heterocycles. The minimum atomic E-state index is -0.547. The molecule has 2 rings (SSSR count). The normalized spacial score (nSPS) is 9.90. The number of nitrogens with two attached hydrogens (primary N) is 1. The second-order valence-electron chi connectivity index (χ2n) is 4.42. The van der Waals surface area contributed by atoms with Gasteiger partial charge < -0.3 is 11.1 Å². The van der Waals surface area contributed by atoms with Gasteiger partial charge in [-0.05, 0) is 25.1 Å². The molecule has 0 fully saturated rings. The number of halogens is 1. The minimum Gasteiger partial charge on any atom is -0.320 e. The molecule has 1 amide bonds. The molecule has 0 radical (unpaired) electrons. The van der Waals surface area contributed by atoms with Crippen LogP contribution in [-0.2, 0) is 7.05 Å². The first-order chi connectivity index (χ1) is 10.0. The molecule has 0 saturated heterocycles. The molecule has 3 N–H and O–H groups in total. The summed E-state index contributed by atoms with van der Waals surface area (Å²) in [5, 5.41) is 6.50. The molecule has 0 aliphatic carbocycles. The van der Waals surface area contributed by atoms with Crippen LogP contribution in [0.15, 0.2) is 24.4 Å². The number of aryl methyl sites for hydroxylation is 1. The number of carbonyl (C=O) groups is 1. The fourth-order valence-electron chi connectivity index (χ4n) is 1.76. The summed E-state index contributed by atoms with van der Waals surface area (Å²) in [5.41, 5.74) is 6.98.